The molecule has 4 heteroatoms. The molecule has 1 fully saturated rings. The Hall–Kier alpha value is -1.26. The zero-order chi connectivity index (χ0) is 13.0. The quantitative estimate of drug-likeness (QED) is 0.882. The fourth-order valence-corrected chi connectivity index (χ4v) is 2.33. The maximum atomic E-state index is 5.91. The van der Waals surface area contributed by atoms with E-state index in [9.17, 15) is 0 Å². The molecule has 2 rings (SSSR count). The van der Waals surface area contributed by atoms with Gasteiger partial charge in [0, 0.05) is 18.7 Å². The van der Waals surface area contributed by atoms with Gasteiger partial charge in [-0.2, -0.15) is 0 Å². The lowest BCUT2D eigenvalue weighted by Crippen LogP contribution is -2.39. The number of likely N-dealkylation sites (tertiary alicyclic amines) is 1. The Kier molecular flexibility index (Phi) is 4.44. The molecule has 1 heterocycles. The normalized spacial score (nSPS) is 17.7. The van der Waals surface area contributed by atoms with Crippen LogP contribution in [0.5, 0.6) is 11.5 Å². The Morgan fingerprint density at radius 3 is 2.17 bits per heavy atom. The molecule has 100 valence electrons. The number of benzene rings is 1. The van der Waals surface area contributed by atoms with Crippen LogP contribution in [0.4, 0.5) is 0 Å². The van der Waals surface area contributed by atoms with Gasteiger partial charge >= 0.3 is 0 Å². The van der Waals surface area contributed by atoms with Gasteiger partial charge < -0.3 is 15.2 Å². The highest BCUT2D eigenvalue weighted by atomic mass is 16.5. The summed E-state index contributed by atoms with van der Waals surface area (Å²) in [7, 11) is 3.36. The average molecular weight is 250 g/mol. The number of piperidine rings is 1. The Balaban J connectivity index is 2.03. The summed E-state index contributed by atoms with van der Waals surface area (Å²) >= 11 is 0. The molecule has 1 aromatic rings. The molecule has 1 aliphatic heterocycles. The molecule has 0 bridgehead atoms. The van der Waals surface area contributed by atoms with E-state index in [4.69, 9.17) is 15.2 Å². The highest BCUT2D eigenvalue weighted by Gasteiger charge is 2.16. The van der Waals surface area contributed by atoms with Crippen LogP contribution in [-0.2, 0) is 6.54 Å². The van der Waals surface area contributed by atoms with E-state index in [1.165, 1.54) is 5.56 Å². The molecule has 0 radical (unpaired) electrons. The Bertz CT molecular complexity index is 365. The first-order valence-electron chi connectivity index (χ1n) is 6.41. The number of methoxy groups -OCH3 is 2. The van der Waals surface area contributed by atoms with Crippen LogP contribution in [0.25, 0.3) is 0 Å². The molecule has 0 aliphatic carbocycles. The van der Waals surface area contributed by atoms with Gasteiger partial charge in [-0.15, -0.1) is 0 Å². The summed E-state index contributed by atoms with van der Waals surface area (Å²) in [5.74, 6) is 1.69. The van der Waals surface area contributed by atoms with E-state index in [1.807, 2.05) is 6.07 Å². The van der Waals surface area contributed by atoms with E-state index >= 15 is 0 Å². The number of rotatable bonds is 4. The first-order chi connectivity index (χ1) is 8.71. The van der Waals surface area contributed by atoms with Crippen LogP contribution in [0, 0.1) is 0 Å². The average Bonchev–Trinajstić information content (AvgIpc) is 2.41. The Morgan fingerprint density at radius 1 is 1.11 bits per heavy atom. The third kappa shape index (κ3) is 3.37. The van der Waals surface area contributed by atoms with E-state index in [-0.39, 0.29) is 0 Å². The SMILES string of the molecule is COc1cc(CN2CCC(N)CC2)cc(OC)c1. The van der Waals surface area contributed by atoms with Crippen molar-refractivity contribution in [2.75, 3.05) is 27.3 Å². The van der Waals surface area contributed by atoms with Crippen LogP contribution < -0.4 is 15.2 Å². The minimum Gasteiger partial charge on any atom is -0.497 e. The molecule has 0 unspecified atom stereocenters. The largest absolute Gasteiger partial charge is 0.497 e. The second-order valence-corrected chi connectivity index (χ2v) is 4.83. The minimum absolute atomic E-state index is 0.376. The fraction of sp³-hybridized carbons (Fsp3) is 0.571. The highest BCUT2D eigenvalue weighted by molar-refractivity contribution is 5.38. The van der Waals surface area contributed by atoms with Crippen molar-refractivity contribution in [2.24, 2.45) is 5.73 Å². The predicted octanol–water partition coefficient (Wildman–Crippen LogP) is 1.63. The van der Waals surface area contributed by atoms with Crippen molar-refractivity contribution in [1.29, 1.82) is 0 Å². The molecule has 1 aromatic carbocycles. The lowest BCUT2D eigenvalue weighted by Gasteiger charge is -2.30. The van der Waals surface area contributed by atoms with E-state index in [0.29, 0.717) is 6.04 Å². The van der Waals surface area contributed by atoms with Gasteiger partial charge in [-0.3, -0.25) is 4.90 Å². The molecule has 4 nitrogen and oxygen atoms in total. The van der Waals surface area contributed by atoms with Gasteiger partial charge in [0.2, 0.25) is 0 Å². The van der Waals surface area contributed by atoms with Crippen LogP contribution in [-0.4, -0.2) is 38.3 Å². The topological polar surface area (TPSA) is 47.7 Å². The van der Waals surface area contributed by atoms with Crippen molar-refractivity contribution < 1.29 is 9.47 Å². The van der Waals surface area contributed by atoms with Crippen LogP contribution in [0.3, 0.4) is 0 Å². The van der Waals surface area contributed by atoms with Crippen molar-refractivity contribution in [3.63, 3.8) is 0 Å². The van der Waals surface area contributed by atoms with Crippen molar-refractivity contribution in [2.45, 2.75) is 25.4 Å². The van der Waals surface area contributed by atoms with Crippen molar-refractivity contribution in [3.8, 4) is 11.5 Å². The fourth-order valence-electron chi connectivity index (χ4n) is 2.33. The second-order valence-electron chi connectivity index (χ2n) is 4.83. The van der Waals surface area contributed by atoms with Crippen LogP contribution >= 0.6 is 0 Å². The third-order valence-corrected chi connectivity index (χ3v) is 3.45. The summed E-state index contributed by atoms with van der Waals surface area (Å²) in [6.45, 7) is 3.07. The molecule has 0 spiro atoms. The number of ether oxygens (including phenoxy) is 2. The maximum absolute atomic E-state index is 5.91. The first kappa shape index (κ1) is 13.2. The summed E-state index contributed by atoms with van der Waals surface area (Å²) in [6.07, 6.45) is 2.17. The van der Waals surface area contributed by atoms with Gasteiger partial charge in [0.1, 0.15) is 11.5 Å². The molecule has 0 atom stereocenters. The molecule has 1 saturated heterocycles. The van der Waals surface area contributed by atoms with Crippen LogP contribution in [0.1, 0.15) is 18.4 Å². The van der Waals surface area contributed by atoms with Crippen LogP contribution in [0.15, 0.2) is 18.2 Å². The third-order valence-electron chi connectivity index (χ3n) is 3.45. The molecule has 2 N–H and O–H groups in total. The van der Waals surface area contributed by atoms with Gasteiger partial charge in [-0.1, -0.05) is 0 Å². The van der Waals surface area contributed by atoms with Gasteiger partial charge in [-0.05, 0) is 43.6 Å². The molecule has 1 aliphatic rings. The molecular weight excluding hydrogens is 228 g/mol. The molecular formula is C14H22N2O2. The monoisotopic (exact) mass is 250 g/mol. The maximum Gasteiger partial charge on any atom is 0.122 e. The van der Waals surface area contributed by atoms with E-state index in [1.54, 1.807) is 14.2 Å². The molecule has 0 aromatic heterocycles. The summed E-state index contributed by atoms with van der Waals surface area (Å²) < 4.78 is 10.6. The highest BCUT2D eigenvalue weighted by Crippen LogP contribution is 2.24. The predicted molar refractivity (Wildman–Crippen MR) is 72.0 cm³/mol. The molecule has 0 saturated carbocycles. The smallest absolute Gasteiger partial charge is 0.122 e. The summed E-state index contributed by atoms with van der Waals surface area (Å²) in [5, 5.41) is 0. The number of nitrogens with two attached hydrogens (primary N) is 1. The van der Waals surface area contributed by atoms with Crippen molar-refractivity contribution in [1.82, 2.24) is 4.90 Å². The first-order valence-corrected chi connectivity index (χ1v) is 6.41. The summed E-state index contributed by atoms with van der Waals surface area (Å²) in [6, 6.07) is 6.41. The second kappa shape index (κ2) is 6.07. The van der Waals surface area contributed by atoms with Gasteiger partial charge in [-0.25, -0.2) is 0 Å². The zero-order valence-corrected chi connectivity index (χ0v) is 11.2. The number of nitrogens with zero attached hydrogens (tertiary/aromatic N) is 1. The van der Waals surface area contributed by atoms with Gasteiger partial charge in [0.25, 0.3) is 0 Å². The van der Waals surface area contributed by atoms with E-state index in [2.05, 4.69) is 17.0 Å². The summed E-state index contributed by atoms with van der Waals surface area (Å²) in [5.41, 5.74) is 7.14. The van der Waals surface area contributed by atoms with Crippen LogP contribution in [0.2, 0.25) is 0 Å². The lowest BCUT2D eigenvalue weighted by atomic mass is 10.1. The Morgan fingerprint density at radius 2 is 1.67 bits per heavy atom. The number of hydrogen-bond acceptors (Lipinski definition) is 4. The Labute approximate surface area is 109 Å². The van der Waals surface area contributed by atoms with Crippen molar-refractivity contribution in [3.05, 3.63) is 23.8 Å². The van der Waals surface area contributed by atoms with E-state index in [0.717, 1.165) is 44.0 Å². The minimum atomic E-state index is 0.376. The standard InChI is InChI=1S/C14H22N2O2/c1-17-13-7-11(8-14(9-13)18-2)10-16-5-3-12(15)4-6-16/h7-9,12H,3-6,10,15H2,1-2H3. The molecule has 0 amide bonds. The number of hydrogen-bond donors (Lipinski definition) is 1. The van der Waals surface area contributed by atoms with Gasteiger partial charge in [0.15, 0.2) is 0 Å². The summed E-state index contributed by atoms with van der Waals surface area (Å²) in [4.78, 5) is 2.43. The lowest BCUT2D eigenvalue weighted by molar-refractivity contribution is 0.205. The van der Waals surface area contributed by atoms with Gasteiger partial charge in [0.05, 0.1) is 14.2 Å². The van der Waals surface area contributed by atoms with Crippen molar-refractivity contribution >= 4 is 0 Å². The van der Waals surface area contributed by atoms with E-state index < -0.39 is 0 Å². The zero-order valence-electron chi connectivity index (χ0n) is 11.2. The molecule has 18 heavy (non-hydrogen) atoms.